The largest absolute Gasteiger partial charge is 0.481 e. The van der Waals surface area contributed by atoms with Crippen molar-refractivity contribution in [3.8, 4) is 0 Å². The van der Waals surface area contributed by atoms with Gasteiger partial charge in [0.05, 0.1) is 5.92 Å². The molecule has 6 nitrogen and oxygen atoms in total. The number of carboxylic acids is 1. The van der Waals surface area contributed by atoms with Crippen LogP contribution in [0.3, 0.4) is 0 Å². The molecule has 0 aromatic heterocycles. The van der Waals surface area contributed by atoms with Crippen LogP contribution < -0.4 is 0 Å². The normalized spacial score (nSPS) is 17.8. The van der Waals surface area contributed by atoms with Crippen molar-refractivity contribution >= 4 is 5.97 Å². The monoisotopic (exact) mass is 246 g/mol. The van der Waals surface area contributed by atoms with Crippen molar-refractivity contribution in [1.82, 2.24) is 0 Å². The minimum absolute atomic E-state index is 0.452. The number of hydrogen-bond donors (Lipinski definition) is 1. The third-order valence-electron chi connectivity index (χ3n) is 2.97. The Labute approximate surface area is 104 Å². The van der Waals surface area contributed by atoms with E-state index in [9.17, 15) is 9.90 Å². The molecule has 0 bridgehead atoms. The van der Waals surface area contributed by atoms with E-state index in [2.05, 4.69) is 20.7 Å². The van der Waals surface area contributed by atoms with E-state index in [1.165, 1.54) is 0 Å². The molecule has 1 aliphatic rings. The lowest BCUT2D eigenvalue weighted by Gasteiger charge is -2.17. The average molecular weight is 246 g/mol. The molecule has 0 aliphatic carbocycles. The van der Waals surface area contributed by atoms with Gasteiger partial charge in [0.1, 0.15) is 0 Å². The fourth-order valence-corrected chi connectivity index (χ4v) is 1.89. The zero-order chi connectivity index (χ0) is 13.0. The van der Waals surface area contributed by atoms with Crippen LogP contribution in [0.4, 0.5) is 0 Å². The molecule has 94 valence electrons. The molecule has 0 fully saturated rings. The van der Waals surface area contributed by atoms with Crippen LogP contribution in [-0.2, 0) is 4.79 Å². The fourth-order valence-electron chi connectivity index (χ4n) is 1.89. The van der Waals surface area contributed by atoms with Crippen LogP contribution in [0.1, 0.15) is 31.2 Å². The fraction of sp³-hybridized carbons (Fsp3) is 0.417. The lowest BCUT2D eigenvalue weighted by Crippen LogP contribution is -2.20. The lowest BCUT2D eigenvalue weighted by atomic mass is 9.91. The van der Waals surface area contributed by atoms with Crippen molar-refractivity contribution in [3.05, 3.63) is 35.9 Å². The van der Waals surface area contributed by atoms with E-state index in [4.69, 9.17) is 0 Å². The molecular weight excluding hydrogens is 232 g/mol. The van der Waals surface area contributed by atoms with Crippen molar-refractivity contribution in [2.45, 2.75) is 31.3 Å². The molecule has 1 heterocycles. The zero-order valence-corrected chi connectivity index (χ0v) is 10.0. The van der Waals surface area contributed by atoms with Crippen LogP contribution in [0.25, 0.3) is 0 Å². The molecule has 0 saturated carbocycles. The minimum atomic E-state index is -0.836. The van der Waals surface area contributed by atoms with Crippen molar-refractivity contribution in [2.75, 3.05) is 0 Å². The summed E-state index contributed by atoms with van der Waals surface area (Å²) in [4.78, 5) is 11.3. The summed E-state index contributed by atoms with van der Waals surface area (Å²) in [5.74, 6) is -1.38. The summed E-state index contributed by atoms with van der Waals surface area (Å²) in [5, 5.41) is 24.0. The number of nitrogens with zero attached hydrogens (tertiary/aromatic N) is 4. The molecule has 1 atom stereocenters. The van der Waals surface area contributed by atoms with Gasteiger partial charge in [-0.1, -0.05) is 30.3 Å². The molecule has 0 saturated heterocycles. The maximum Gasteiger partial charge on any atom is 0.310 e. The van der Waals surface area contributed by atoms with Gasteiger partial charge in [0.25, 0.3) is 0 Å². The van der Waals surface area contributed by atoms with E-state index in [-0.39, 0.29) is 0 Å². The standard InChI is InChI=1S/C12H14N4O2/c1-12(13-15-16-14-12)8-7-10(11(17)18)9-5-3-2-4-6-9/h2-6,10H,7-8H2,1H3,(H,17,18)/t10-/m0/s1. The van der Waals surface area contributed by atoms with Gasteiger partial charge in [0, 0.05) is 0 Å². The third-order valence-corrected chi connectivity index (χ3v) is 2.97. The molecule has 0 spiro atoms. The number of carboxylic acid groups (broad SMARTS) is 1. The number of carbonyl (C=O) groups is 1. The van der Waals surface area contributed by atoms with Crippen molar-refractivity contribution < 1.29 is 9.90 Å². The summed E-state index contributed by atoms with van der Waals surface area (Å²) >= 11 is 0. The molecule has 0 unspecified atom stereocenters. The second-order valence-corrected chi connectivity index (χ2v) is 4.44. The molecule has 1 aliphatic heterocycles. The second kappa shape index (κ2) is 5.03. The summed E-state index contributed by atoms with van der Waals surface area (Å²) in [6.07, 6.45) is 0.958. The Balaban J connectivity index is 2.06. The van der Waals surface area contributed by atoms with Gasteiger partial charge in [0.2, 0.25) is 0 Å². The maximum absolute atomic E-state index is 11.3. The van der Waals surface area contributed by atoms with E-state index in [1.54, 1.807) is 6.92 Å². The first-order valence-electron chi connectivity index (χ1n) is 5.72. The zero-order valence-electron chi connectivity index (χ0n) is 10.0. The van der Waals surface area contributed by atoms with Crippen molar-refractivity contribution in [1.29, 1.82) is 0 Å². The number of rotatable bonds is 5. The SMILES string of the molecule is CC1(CC[C@H](C(=O)O)c2ccccc2)N=NN=N1. The maximum atomic E-state index is 11.3. The highest BCUT2D eigenvalue weighted by atomic mass is 16.4. The van der Waals surface area contributed by atoms with Gasteiger partial charge in [-0.2, -0.15) is 0 Å². The van der Waals surface area contributed by atoms with Crippen molar-refractivity contribution in [2.24, 2.45) is 20.7 Å². The van der Waals surface area contributed by atoms with Gasteiger partial charge in [-0.15, -0.1) is 10.2 Å². The van der Waals surface area contributed by atoms with Gasteiger partial charge in [-0.05, 0) is 35.8 Å². The van der Waals surface area contributed by atoms with Gasteiger partial charge in [-0.3, -0.25) is 4.79 Å². The number of aliphatic carboxylic acids is 1. The summed E-state index contributed by atoms with van der Waals surface area (Å²) in [5.41, 5.74) is 0.0862. The predicted molar refractivity (Wildman–Crippen MR) is 64.2 cm³/mol. The topological polar surface area (TPSA) is 86.7 Å². The van der Waals surface area contributed by atoms with Crippen LogP contribution in [0.5, 0.6) is 0 Å². The first-order chi connectivity index (χ1) is 8.61. The molecule has 18 heavy (non-hydrogen) atoms. The van der Waals surface area contributed by atoms with Gasteiger partial charge in [-0.25, -0.2) is 0 Å². The summed E-state index contributed by atoms with van der Waals surface area (Å²) in [7, 11) is 0. The number of hydrogen-bond acceptors (Lipinski definition) is 5. The molecule has 0 amide bonds. The second-order valence-electron chi connectivity index (χ2n) is 4.44. The Hall–Kier alpha value is -2.11. The molecular formula is C12H14N4O2. The molecule has 2 rings (SSSR count). The van der Waals surface area contributed by atoms with E-state index in [0.717, 1.165) is 5.56 Å². The van der Waals surface area contributed by atoms with Crippen LogP contribution in [0.15, 0.2) is 51.0 Å². The molecule has 1 aromatic rings. The van der Waals surface area contributed by atoms with E-state index in [1.807, 2.05) is 30.3 Å². The first kappa shape index (κ1) is 12.3. The Kier molecular flexibility index (Phi) is 3.45. The van der Waals surface area contributed by atoms with Crippen LogP contribution in [0, 0.1) is 0 Å². The van der Waals surface area contributed by atoms with E-state index in [0.29, 0.717) is 12.8 Å². The Bertz CT molecular complexity index is 472. The van der Waals surface area contributed by atoms with Gasteiger partial charge >= 0.3 is 5.97 Å². The third kappa shape index (κ3) is 2.77. The Morgan fingerprint density at radius 3 is 2.44 bits per heavy atom. The van der Waals surface area contributed by atoms with Crippen LogP contribution >= 0.6 is 0 Å². The average Bonchev–Trinajstić information content (AvgIpc) is 2.78. The van der Waals surface area contributed by atoms with Crippen molar-refractivity contribution in [3.63, 3.8) is 0 Å². The highest BCUT2D eigenvalue weighted by Crippen LogP contribution is 2.30. The van der Waals surface area contributed by atoms with E-state index < -0.39 is 17.6 Å². The number of benzene rings is 1. The highest BCUT2D eigenvalue weighted by molar-refractivity contribution is 5.76. The first-order valence-corrected chi connectivity index (χ1v) is 5.72. The molecule has 1 aromatic carbocycles. The smallest absolute Gasteiger partial charge is 0.310 e. The molecule has 1 N–H and O–H groups in total. The molecule has 6 heteroatoms. The quantitative estimate of drug-likeness (QED) is 0.864. The Morgan fingerprint density at radius 2 is 1.89 bits per heavy atom. The minimum Gasteiger partial charge on any atom is -0.481 e. The summed E-state index contributed by atoms with van der Waals surface area (Å²) in [6.45, 7) is 1.79. The Morgan fingerprint density at radius 1 is 1.28 bits per heavy atom. The lowest BCUT2D eigenvalue weighted by molar-refractivity contribution is -0.139. The summed E-state index contributed by atoms with van der Waals surface area (Å²) < 4.78 is 0. The van der Waals surface area contributed by atoms with Gasteiger partial charge < -0.3 is 5.11 Å². The summed E-state index contributed by atoms with van der Waals surface area (Å²) in [6, 6.07) is 9.17. The van der Waals surface area contributed by atoms with Crippen LogP contribution in [0.2, 0.25) is 0 Å². The predicted octanol–water partition coefficient (Wildman–Crippen LogP) is 3.18. The van der Waals surface area contributed by atoms with E-state index >= 15 is 0 Å². The van der Waals surface area contributed by atoms with Crippen LogP contribution in [-0.4, -0.2) is 16.7 Å². The van der Waals surface area contributed by atoms with Gasteiger partial charge in [0.15, 0.2) is 5.66 Å². The molecule has 0 radical (unpaired) electrons. The highest BCUT2D eigenvalue weighted by Gasteiger charge is 2.30.